The number of hydrogen-bond donors (Lipinski definition) is 0. The van der Waals surface area contributed by atoms with E-state index in [1.165, 1.54) is 6.07 Å². The molecule has 1 aromatic rings. The smallest absolute Gasteiger partial charge is 0.258 e. The van der Waals surface area contributed by atoms with Crippen LogP contribution >= 0.6 is 0 Å². The van der Waals surface area contributed by atoms with Crippen molar-refractivity contribution in [2.24, 2.45) is 0 Å². The minimum atomic E-state index is -1.36. The summed E-state index contributed by atoms with van der Waals surface area (Å²) in [5, 5.41) is 10.9. The molecule has 1 rings (SSSR count). The average Bonchev–Trinajstić information content (AvgIpc) is 2.25. The molecule has 0 N–H and O–H groups in total. The lowest BCUT2D eigenvalue weighted by Gasteiger charge is -2.02. The van der Waals surface area contributed by atoms with Crippen molar-refractivity contribution >= 4 is 16.5 Å². The van der Waals surface area contributed by atoms with Crippen LogP contribution in [-0.2, 0) is 10.8 Å². The van der Waals surface area contributed by atoms with Gasteiger partial charge in [-0.1, -0.05) is 17.7 Å². The molecule has 0 saturated heterocycles. The second-order valence-corrected chi connectivity index (χ2v) is 5.49. The fourth-order valence-corrected chi connectivity index (χ4v) is 2.55. The Balaban J connectivity index is 3.09. The third kappa shape index (κ3) is 3.78. The topological polar surface area (TPSA) is 60.2 Å². The molecule has 0 fully saturated rings. The van der Waals surface area contributed by atoms with Crippen molar-refractivity contribution in [1.82, 2.24) is 0 Å². The quantitative estimate of drug-likeness (QED) is 0.471. The fraction of sp³-hybridized carbons (Fsp3) is 0.333. The molecule has 0 aliphatic rings. The molecular formula is C12H15NO3S. The van der Waals surface area contributed by atoms with E-state index in [0.717, 1.165) is 11.1 Å². The van der Waals surface area contributed by atoms with E-state index in [9.17, 15) is 14.3 Å². The first-order valence-electron chi connectivity index (χ1n) is 5.18. The molecule has 0 aliphatic carbocycles. The van der Waals surface area contributed by atoms with Crippen molar-refractivity contribution in [3.63, 3.8) is 0 Å². The van der Waals surface area contributed by atoms with Crippen LogP contribution in [0.3, 0.4) is 0 Å². The SMILES string of the molecule is CC(C)=CCS(=O)c1ccc(C)cc1[N+](=O)[O-]. The van der Waals surface area contributed by atoms with Crippen LogP contribution in [0.25, 0.3) is 0 Å². The van der Waals surface area contributed by atoms with Crippen LogP contribution in [0.15, 0.2) is 34.7 Å². The van der Waals surface area contributed by atoms with Crippen LogP contribution in [0, 0.1) is 17.0 Å². The number of benzene rings is 1. The van der Waals surface area contributed by atoms with Crippen LogP contribution in [0.1, 0.15) is 19.4 Å². The highest BCUT2D eigenvalue weighted by molar-refractivity contribution is 7.85. The molecule has 0 heterocycles. The third-order valence-electron chi connectivity index (χ3n) is 2.20. The maximum absolute atomic E-state index is 11.9. The number of nitrogens with zero attached hydrogens (tertiary/aromatic N) is 1. The van der Waals surface area contributed by atoms with Crippen LogP contribution < -0.4 is 0 Å². The highest BCUT2D eigenvalue weighted by Crippen LogP contribution is 2.23. The first kappa shape index (κ1) is 13.6. The van der Waals surface area contributed by atoms with Gasteiger partial charge < -0.3 is 0 Å². The third-order valence-corrected chi connectivity index (χ3v) is 3.50. The Kier molecular flexibility index (Phi) is 4.57. The van der Waals surface area contributed by atoms with Gasteiger partial charge in [0.25, 0.3) is 5.69 Å². The predicted molar refractivity (Wildman–Crippen MR) is 68.5 cm³/mol. The Morgan fingerprint density at radius 3 is 2.65 bits per heavy atom. The zero-order chi connectivity index (χ0) is 13.0. The zero-order valence-corrected chi connectivity index (χ0v) is 10.9. The Hall–Kier alpha value is -1.49. The van der Waals surface area contributed by atoms with Crippen molar-refractivity contribution in [3.05, 3.63) is 45.5 Å². The first-order chi connectivity index (χ1) is 7.91. The summed E-state index contributed by atoms with van der Waals surface area (Å²) in [5.74, 6) is 0.312. The second kappa shape index (κ2) is 5.72. The number of hydrogen-bond acceptors (Lipinski definition) is 3. The molecule has 92 valence electrons. The molecule has 17 heavy (non-hydrogen) atoms. The van der Waals surface area contributed by atoms with Crippen LogP contribution in [0.4, 0.5) is 5.69 Å². The number of nitro groups is 1. The summed E-state index contributed by atoms with van der Waals surface area (Å²) in [6.45, 7) is 5.58. The monoisotopic (exact) mass is 253 g/mol. The lowest BCUT2D eigenvalue weighted by Crippen LogP contribution is -2.01. The maximum Gasteiger partial charge on any atom is 0.285 e. The van der Waals surface area contributed by atoms with Gasteiger partial charge in [0.15, 0.2) is 0 Å². The van der Waals surface area contributed by atoms with Crippen molar-refractivity contribution in [3.8, 4) is 0 Å². The Morgan fingerprint density at radius 2 is 2.12 bits per heavy atom. The summed E-state index contributed by atoms with van der Waals surface area (Å²) in [6, 6.07) is 4.76. The first-order valence-corrected chi connectivity index (χ1v) is 6.50. The summed E-state index contributed by atoms with van der Waals surface area (Å²) in [7, 11) is -1.36. The number of nitro benzene ring substituents is 1. The molecule has 4 nitrogen and oxygen atoms in total. The van der Waals surface area contributed by atoms with Gasteiger partial charge in [0, 0.05) is 11.8 Å². The van der Waals surface area contributed by atoms with Crippen molar-refractivity contribution in [2.75, 3.05) is 5.75 Å². The standard InChI is InChI=1S/C12H15NO3S/c1-9(2)6-7-17(16)12-5-4-10(3)8-11(12)13(14)15/h4-6,8H,7H2,1-3H3. The van der Waals surface area contributed by atoms with E-state index in [1.54, 1.807) is 19.1 Å². The maximum atomic E-state index is 11.9. The second-order valence-electron chi connectivity index (χ2n) is 4.02. The Bertz CT molecular complexity index is 491. The molecule has 0 amide bonds. The van der Waals surface area contributed by atoms with Gasteiger partial charge in [0.1, 0.15) is 4.90 Å². The largest absolute Gasteiger partial charge is 0.285 e. The molecule has 0 saturated carbocycles. The molecule has 1 atom stereocenters. The summed E-state index contributed by atoms with van der Waals surface area (Å²) in [6.07, 6.45) is 1.82. The minimum Gasteiger partial charge on any atom is -0.258 e. The summed E-state index contributed by atoms with van der Waals surface area (Å²) in [4.78, 5) is 10.7. The fourth-order valence-electron chi connectivity index (χ4n) is 1.29. The van der Waals surface area contributed by atoms with Gasteiger partial charge in [0.05, 0.1) is 15.7 Å². The zero-order valence-electron chi connectivity index (χ0n) is 10.1. The van der Waals surface area contributed by atoms with Gasteiger partial charge in [-0.25, -0.2) is 0 Å². The molecule has 0 aromatic heterocycles. The Labute approximate surface area is 103 Å². The molecule has 0 bridgehead atoms. The lowest BCUT2D eigenvalue weighted by molar-refractivity contribution is -0.387. The molecule has 0 aliphatic heterocycles. The number of allylic oxidation sites excluding steroid dienone is 1. The van der Waals surface area contributed by atoms with Crippen LogP contribution in [-0.4, -0.2) is 14.9 Å². The van der Waals surface area contributed by atoms with Gasteiger partial charge in [-0.05, 0) is 32.4 Å². The van der Waals surface area contributed by atoms with E-state index in [2.05, 4.69) is 0 Å². The molecule has 0 spiro atoms. The van der Waals surface area contributed by atoms with Gasteiger partial charge in [0.2, 0.25) is 0 Å². The highest BCUT2D eigenvalue weighted by Gasteiger charge is 2.18. The van der Waals surface area contributed by atoms with Crippen LogP contribution in [0.5, 0.6) is 0 Å². The lowest BCUT2D eigenvalue weighted by atomic mass is 10.2. The average molecular weight is 253 g/mol. The summed E-state index contributed by atoms with van der Waals surface area (Å²) < 4.78 is 11.9. The van der Waals surface area contributed by atoms with E-state index in [1.807, 2.05) is 19.9 Å². The van der Waals surface area contributed by atoms with Crippen LogP contribution in [0.2, 0.25) is 0 Å². The van der Waals surface area contributed by atoms with E-state index < -0.39 is 15.7 Å². The summed E-state index contributed by atoms with van der Waals surface area (Å²) >= 11 is 0. The normalized spacial score (nSPS) is 11.9. The predicted octanol–water partition coefficient (Wildman–Crippen LogP) is 2.98. The molecule has 0 radical (unpaired) electrons. The Morgan fingerprint density at radius 1 is 1.47 bits per heavy atom. The molecule has 5 heteroatoms. The van der Waals surface area contributed by atoms with Gasteiger partial charge in [-0.2, -0.15) is 0 Å². The summed E-state index contributed by atoms with van der Waals surface area (Å²) in [5.41, 5.74) is 1.78. The van der Waals surface area contributed by atoms with Crippen molar-refractivity contribution in [1.29, 1.82) is 0 Å². The van der Waals surface area contributed by atoms with Gasteiger partial charge in [-0.3, -0.25) is 14.3 Å². The van der Waals surface area contributed by atoms with E-state index in [0.29, 0.717) is 5.75 Å². The molecule has 1 unspecified atom stereocenters. The number of rotatable bonds is 4. The van der Waals surface area contributed by atoms with Crippen molar-refractivity contribution < 1.29 is 9.13 Å². The molecule has 1 aromatic carbocycles. The highest BCUT2D eigenvalue weighted by atomic mass is 32.2. The van der Waals surface area contributed by atoms with E-state index in [-0.39, 0.29) is 10.6 Å². The minimum absolute atomic E-state index is 0.0644. The molecular weight excluding hydrogens is 238 g/mol. The number of aryl methyl sites for hydroxylation is 1. The van der Waals surface area contributed by atoms with Gasteiger partial charge in [-0.15, -0.1) is 0 Å². The van der Waals surface area contributed by atoms with Gasteiger partial charge >= 0.3 is 0 Å². The van der Waals surface area contributed by atoms with E-state index >= 15 is 0 Å². The van der Waals surface area contributed by atoms with E-state index in [4.69, 9.17) is 0 Å². The van der Waals surface area contributed by atoms with Crippen molar-refractivity contribution in [2.45, 2.75) is 25.7 Å².